The van der Waals surface area contributed by atoms with Crippen molar-refractivity contribution in [3.63, 3.8) is 0 Å². The van der Waals surface area contributed by atoms with Gasteiger partial charge in [-0.2, -0.15) is 0 Å². The van der Waals surface area contributed by atoms with E-state index >= 15 is 0 Å². The quantitative estimate of drug-likeness (QED) is 0.931. The minimum atomic E-state index is -0.574. The lowest BCUT2D eigenvalue weighted by Crippen LogP contribution is -2.52. The Hall–Kier alpha value is -2.28. The van der Waals surface area contributed by atoms with Crippen molar-refractivity contribution >= 4 is 23.2 Å². The number of hydrogen-bond acceptors (Lipinski definition) is 5. The van der Waals surface area contributed by atoms with E-state index in [0.717, 1.165) is 23.5 Å². The lowest BCUT2D eigenvalue weighted by Gasteiger charge is -2.34. The number of carbonyl (C=O) groups excluding carboxylic acids is 2. The maximum atomic E-state index is 12.9. The molecule has 1 saturated carbocycles. The van der Waals surface area contributed by atoms with Gasteiger partial charge in [0.25, 0.3) is 5.91 Å². The van der Waals surface area contributed by atoms with Crippen LogP contribution in [0.1, 0.15) is 46.0 Å². The molecule has 0 bridgehead atoms. The van der Waals surface area contributed by atoms with Crippen LogP contribution < -0.4 is 5.32 Å². The van der Waals surface area contributed by atoms with Crippen molar-refractivity contribution in [2.45, 2.75) is 24.8 Å². The normalized spacial score (nSPS) is 21.1. The molecule has 118 valence electrons. The average molecular weight is 328 g/mol. The summed E-state index contributed by atoms with van der Waals surface area (Å²) in [4.78, 5) is 36.4. The van der Waals surface area contributed by atoms with Gasteiger partial charge in [-0.25, -0.2) is 9.97 Å². The Kier molecular flexibility index (Phi) is 3.57. The van der Waals surface area contributed by atoms with E-state index < -0.39 is 6.04 Å². The highest BCUT2D eigenvalue weighted by molar-refractivity contribution is 7.10. The van der Waals surface area contributed by atoms with Gasteiger partial charge < -0.3 is 10.2 Å². The highest BCUT2D eigenvalue weighted by atomic mass is 32.1. The van der Waals surface area contributed by atoms with Gasteiger partial charge in [0.05, 0.1) is 0 Å². The summed E-state index contributed by atoms with van der Waals surface area (Å²) >= 11 is 1.48. The molecule has 1 aliphatic carbocycles. The van der Waals surface area contributed by atoms with E-state index in [1.165, 1.54) is 11.3 Å². The van der Waals surface area contributed by atoms with E-state index in [9.17, 15) is 9.59 Å². The van der Waals surface area contributed by atoms with E-state index in [4.69, 9.17) is 0 Å². The standard InChI is InChI=1S/C16H16N4O2S/c21-15-13(12-2-1-9-23-12)20(8-7-18-15)16(22)11-5-6-17-14(19-11)10-3-4-10/h1-2,5-6,9-10,13H,3-4,7-8H2,(H,18,21). The molecule has 23 heavy (non-hydrogen) atoms. The first-order chi connectivity index (χ1) is 11.2. The summed E-state index contributed by atoms with van der Waals surface area (Å²) in [6.07, 6.45) is 3.81. The number of carbonyl (C=O) groups is 2. The number of thiophene rings is 1. The summed E-state index contributed by atoms with van der Waals surface area (Å²) in [6.45, 7) is 0.947. The van der Waals surface area contributed by atoms with Crippen LogP contribution in [0.4, 0.5) is 0 Å². The van der Waals surface area contributed by atoms with Crippen LogP contribution in [-0.4, -0.2) is 39.8 Å². The zero-order valence-electron chi connectivity index (χ0n) is 12.4. The Balaban J connectivity index is 1.65. The number of nitrogens with one attached hydrogen (secondary N) is 1. The van der Waals surface area contributed by atoms with E-state index in [-0.39, 0.29) is 11.8 Å². The van der Waals surface area contributed by atoms with Crippen molar-refractivity contribution in [1.29, 1.82) is 0 Å². The molecular weight excluding hydrogens is 312 g/mol. The van der Waals surface area contributed by atoms with Gasteiger partial charge >= 0.3 is 0 Å². The molecule has 1 aliphatic heterocycles. The molecule has 2 fully saturated rings. The molecule has 7 heteroatoms. The predicted octanol–water partition coefficient (Wildman–Crippen LogP) is 1.73. The fraction of sp³-hybridized carbons (Fsp3) is 0.375. The molecule has 0 aromatic carbocycles. The number of amides is 2. The van der Waals surface area contributed by atoms with Crippen molar-refractivity contribution in [1.82, 2.24) is 20.2 Å². The summed E-state index contributed by atoms with van der Waals surface area (Å²) in [5.41, 5.74) is 0.373. The number of rotatable bonds is 3. The second-order valence-corrected chi connectivity index (χ2v) is 6.76. The number of hydrogen-bond donors (Lipinski definition) is 1. The predicted molar refractivity (Wildman–Crippen MR) is 85.1 cm³/mol. The molecule has 1 atom stereocenters. The van der Waals surface area contributed by atoms with Gasteiger partial charge in [0, 0.05) is 30.1 Å². The zero-order chi connectivity index (χ0) is 15.8. The molecule has 1 saturated heterocycles. The van der Waals surface area contributed by atoms with Crippen molar-refractivity contribution in [2.24, 2.45) is 0 Å². The molecule has 6 nitrogen and oxygen atoms in total. The third-order valence-electron chi connectivity index (χ3n) is 4.12. The Bertz CT molecular complexity index is 742. The summed E-state index contributed by atoms with van der Waals surface area (Å²) in [5, 5.41) is 4.75. The minimum Gasteiger partial charge on any atom is -0.352 e. The SMILES string of the molecule is O=C1NCCN(C(=O)c2ccnc(C3CC3)n2)C1c1cccs1. The molecule has 4 rings (SSSR count). The molecule has 0 spiro atoms. The first-order valence-electron chi connectivity index (χ1n) is 7.69. The topological polar surface area (TPSA) is 75.2 Å². The van der Waals surface area contributed by atoms with E-state index in [1.54, 1.807) is 17.2 Å². The van der Waals surface area contributed by atoms with Crippen LogP contribution in [0, 0.1) is 0 Å². The van der Waals surface area contributed by atoms with Gasteiger partial charge in [0.15, 0.2) is 0 Å². The van der Waals surface area contributed by atoms with Crippen molar-refractivity contribution in [3.8, 4) is 0 Å². The third-order valence-corrected chi connectivity index (χ3v) is 5.05. The lowest BCUT2D eigenvalue weighted by molar-refractivity contribution is -0.127. The van der Waals surface area contributed by atoms with Gasteiger partial charge in [-0.15, -0.1) is 11.3 Å². The van der Waals surface area contributed by atoms with Gasteiger partial charge in [-0.3, -0.25) is 9.59 Å². The Morgan fingerprint density at radius 1 is 1.35 bits per heavy atom. The maximum Gasteiger partial charge on any atom is 0.273 e. The maximum absolute atomic E-state index is 12.9. The monoisotopic (exact) mass is 328 g/mol. The van der Waals surface area contributed by atoms with E-state index in [0.29, 0.717) is 24.7 Å². The van der Waals surface area contributed by atoms with Crippen molar-refractivity contribution in [3.05, 3.63) is 46.2 Å². The molecule has 2 aromatic heterocycles. The van der Waals surface area contributed by atoms with Crippen LogP contribution in [-0.2, 0) is 4.79 Å². The van der Waals surface area contributed by atoms with Gasteiger partial charge in [0.1, 0.15) is 17.6 Å². The smallest absolute Gasteiger partial charge is 0.273 e. The number of nitrogens with zero attached hydrogens (tertiary/aromatic N) is 3. The van der Waals surface area contributed by atoms with Gasteiger partial charge in [-0.05, 0) is 30.4 Å². The Morgan fingerprint density at radius 2 is 2.22 bits per heavy atom. The average Bonchev–Trinajstić information content (AvgIpc) is 3.30. The van der Waals surface area contributed by atoms with Crippen molar-refractivity contribution in [2.75, 3.05) is 13.1 Å². The highest BCUT2D eigenvalue weighted by Gasteiger charge is 2.36. The summed E-state index contributed by atoms with van der Waals surface area (Å²) in [5.74, 6) is 0.788. The van der Waals surface area contributed by atoms with Crippen LogP contribution in [0.3, 0.4) is 0 Å². The molecule has 2 aliphatic rings. The van der Waals surface area contributed by atoms with Gasteiger partial charge in [0.2, 0.25) is 5.91 Å². The fourth-order valence-electron chi connectivity index (χ4n) is 2.79. The second kappa shape index (κ2) is 5.73. The third kappa shape index (κ3) is 2.72. The largest absolute Gasteiger partial charge is 0.352 e. The lowest BCUT2D eigenvalue weighted by atomic mass is 10.1. The number of aromatic nitrogens is 2. The Morgan fingerprint density at radius 3 is 2.96 bits per heavy atom. The van der Waals surface area contributed by atoms with Crippen LogP contribution in [0.2, 0.25) is 0 Å². The van der Waals surface area contributed by atoms with Crippen LogP contribution in [0.25, 0.3) is 0 Å². The first kappa shape index (κ1) is 14.3. The summed E-state index contributed by atoms with van der Waals surface area (Å²) in [6, 6.07) is 4.83. The Labute approximate surface area is 137 Å². The van der Waals surface area contributed by atoms with Crippen LogP contribution >= 0.6 is 11.3 Å². The molecule has 1 N–H and O–H groups in total. The molecule has 3 heterocycles. The van der Waals surface area contributed by atoms with E-state index in [1.807, 2.05) is 17.5 Å². The number of piperazine rings is 1. The summed E-state index contributed by atoms with van der Waals surface area (Å²) in [7, 11) is 0. The molecular formula is C16H16N4O2S. The minimum absolute atomic E-state index is 0.136. The van der Waals surface area contributed by atoms with Crippen LogP contribution in [0.15, 0.2) is 29.8 Å². The molecule has 2 amide bonds. The van der Waals surface area contributed by atoms with Crippen molar-refractivity contribution < 1.29 is 9.59 Å². The second-order valence-electron chi connectivity index (χ2n) is 5.78. The fourth-order valence-corrected chi connectivity index (χ4v) is 3.63. The molecule has 2 aromatic rings. The van der Waals surface area contributed by atoms with Crippen LogP contribution in [0.5, 0.6) is 0 Å². The highest BCUT2D eigenvalue weighted by Crippen LogP contribution is 2.38. The van der Waals surface area contributed by atoms with E-state index in [2.05, 4.69) is 15.3 Å². The van der Waals surface area contributed by atoms with Gasteiger partial charge in [-0.1, -0.05) is 6.07 Å². The molecule has 0 radical (unpaired) electrons. The molecule has 1 unspecified atom stereocenters. The zero-order valence-corrected chi connectivity index (χ0v) is 13.3. The first-order valence-corrected chi connectivity index (χ1v) is 8.57. The summed E-state index contributed by atoms with van der Waals surface area (Å²) < 4.78 is 0.